The van der Waals surface area contributed by atoms with Crippen molar-refractivity contribution in [1.82, 2.24) is 9.71 Å². The SMILES string of the molecule is COc1ccc(S(=O)(=O)NCc2cccnc2)cc1N1CCCC1=O. The normalized spacial score (nSPS) is 14.8. The maximum Gasteiger partial charge on any atom is 0.240 e. The third kappa shape index (κ3) is 3.80. The first-order valence-electron chi connectivity index (χ1n) is 7.88. The van der Waals surface area contributed by atoms with Gasteiger partial charge in [0.25, 0.3) is 0 Å². The summed E-state index contributed by atoms with van der Waals surface area (Å²) in [4.78, 5) is 17.6. The van der Waals surface area contributed by atoms with Gasteiger partial charge in [-0.3, -0.25) is 9.78 Å². The fraction of sp³-hybridized carbons (Fsp3) is 0.294. The first kappa shape index (κ1) is 17.4. The molecule has 1 saturated heterocycles. The zero-order valence-electron chi connectivity index (χ0n) is 13.8. The molecule has 25 heavy (non-hydrogen) atoms. The molecule has 1 aliphatic heterocycles. The van der Waals surface area contributed by atoms with Gasteiger partial charge in [-0.1, -0.05) is 6.07 Å². The van der Waals surface area contributed by atoms with E-state index in [4.69, 9.17) is 4.74 Å². The average molecular weight is 361 g/mol. The van der Waals surface area contributed by atoms with E-state index in [1.165, 1.54) is 19.2 Å². The molecule has 0 saturated carbocycles. The van der Waals surface area contributed by atoms with Crippen LogP contribution >= 0.6 is 0 Å². The minimum atomic E-state index is -3.72. The highest BCUT2D eigenvalue weighted by molar-refractivity contribution is 7.89. The number of anilines is 1. The zero-order chi connectivity index (χ0) is 17.9. The van der Waals surface area contributed by atoms with E-state index in [9.17, 15) is 13.2 Å². The predicted octanol–water partition coefficient (Wildman–Crippen LogP) is 1.70. The lowest BCUT2D eigenvalue weighted by Crippen LogP contribution is -2.26. The van der Waals surface area contributed by atoms with Crippen molar-refractivity contribution in [1.29, 1.82) is 0 Å². The number of hydrogen-bond acceptors (Lipinski definition) is 5. The molecule has 0 aliphatic carbocycles. The van der Waals surface area contributed by atoms with Gasteiger partial charge < -0.3 is 9.64 Å². The van der Waals surface area contributed by atoms with Gasteiger partial charge in [0.2, 0.25) is 15.9 Å². The molecule has 1 aliphatic rings. The van der Waals surface area contributed by atoms with Crippen LogP contribution in [0.25, 0.3) is 0 Å². The number of rotatable bonds is 6. The standard InChI is InChI=1S/C17H19N3O4S/c1-24-16-7-6-14(10-15(16)20-9-3-5-17(20)21)25(22,23)19-12-13-4-2-8-18-11-13/h2,4,6-8,10-11,19H,3,5,9,12H2,1H3. The molecule has 0 bridgehead atoms. The lowest BCUT2D eigenvalue weighted by molar-refractivity contribution is -0.117. The Morgan fingerprint density at radius 3 is 2.80 bits per heavy atom. The Hall–Kier alpha value is -2.45. The Morgan fingerprint density at radius 1 is 1.32 bits per heavy atom. The molecule has 0 unspecified atom stereocenters. The molecule has 1 N–H and O–H groups in total. The fourth-order valence-electron chi connectivity index (χ4n) is 2.72. The minimum absolute atomic E-state index is 0.0313. The number of amides is 1. The van der Waals surface area contributed by atoms with Crippen molar-refractivity contribution in [3.63, 3.8) is 0 Å². The highest BCUT2D eigenvalue weighted by Crippen LogP contribution is 2.33. The van der Waals surface area contributed by atoms with Gasteiger partial charge in [-0.2, -0.15) is 0 Å². The quantitative estimate of drug-likeness (QED) is 0.846. The second-order valence-corrected chi connectivity index (χ2v) is 7.44. The number of carbonyl (C=O) groups is 1. The van der Waals surface area contributed by atoms with Gasteiger partial charge in [-0.05, 0) is 36.2 Å². The summed E-state index contributed by atoms with van der Waals surface area (Å²) in [6.07, 6.45) is 4.43. The van der Waals surface area contributed by atoms with Gasteiger partial charge >= 0.3 is 0 Å². The molecule has 0 radical (unpaired) electrons. The average Bonchev–Trinajstić information content (AvgIpc) is 3.06. The van der Waals surface area contributed by atoms with Crippen molar-refractivity contribution in [2.75, 3.05) is 18.6 Å². The molecule has 132 valence electrons. The van der Waals surface area contributed by atoms with E-state index in [-0.39, 0.29) is 17.3 Å². The van der Waals surface area contributed by atoms with E-state index in [1.807, 2.05) is 0 Å². The van der Waals surface area contributed by atoms with Gasteiger partial charge in [0.15, 0.2) is 0 Å². The van der Waals surface area contributed by atoms with Crippen molar-refractivity contribution in [3.05, 3.63) is 48.3 Å². The first-order valence-corrected chi connectivity index (χ1v) is 9.36. The van der Waals surface area contributed by atoms with E-state index >= 15 is 0 Å². The largest absolute Gasteiger partial charge is 0.495 e. The van der Waals surface area contributed by atoms with Crippen molar-refractivity contribution >= 4 is 21.6 Å². The van der Waals surface area contributed by atoms with Crippen LogP contribution in [0.2, 0.25) is 0 Å². The molecule has 2 aromatic rings. The van der Waals surface area contributed by atoms with Crippen LogP contribution in [0.4, 0.5) is 5.69 Å². The summed E-state index contributed by atoms with van der Waals surface area (Å²) < 4.78 is 33.0. The summed E-state index contributed by atoms with van der Waals surface area (Å²) in [5.41, 5.74) is 1.24. The summed E-state index contributed by atoms with van der Waals surface area (Å²) in [7, 11) is -2.23. The Morgan fingerprint density at radius 2 is 2.16 bits per heavy atom. The van der Waals surface area contributed by atoms with Crippen LogP contribution < -0.4 is 14.4 Å². The maximum absolute atomic E-state index is 12.6. The molecule has 8 heteroatoms. The number of benzene rings is 1. The third-order valence-corrected chi connectivity index (χ3v) is 5.41. The molecular formula is C17H19N3O4S. The summed E-state index contributed by atoms with van der Waals surface area (Å²) in [5, 5.41) is 0. The van der Waals surface area contributed by atoms with Crippen molar-refractivity contribution in [2.24, 2.45) is 0 Å². The van der Waals surface area contributed by atoms with Crippen LogP contribution in [-0.4, -0.2) is 33.0 Å². The summed E-state index contributed by atoms with van der Waals surface area (Å²) in [6.45, 7) is 0.696. The van der Waals surface area contributed by atoms with Crippen LogP contribution in [0, 0.1) is 0 Å². The summed E-state index contributed by atoms with van der Waals surface area (Å²) >= 11 is 0. The number of nitrogens with one attached hydrogen (secondary N) is 1. The van der Waals surface area contributed by atoms with E-state index < -0.39 is 10.0 Å². The topological polar surface area (TPSA) is 88.6 Å². The van der Waals surface area contributed by atoms with E-state index in [2.05, 4.69) is 9.71 Å². The summed E-state index contributed by atoms with van der Waals surface area (Å²) in [5.74, 6) is 0.442. The van der Waals surface area contributed by atoms with Crippen molar-refractivity contribution in [2.45, 2.75) is 24.3 Å². The lowest BCUT2D eigenvalue weighted by Gasteiger charge is -2.20. The first-order chi connectivity index (χ1) is 12.0. The predicted molar refractivity (Wildman–Crippen MR) is 92.8 cm³/mol. The number of methoxy groups -OCH3 is 1. The van der Waals surface area contributed by atoms with Gasteiger partial charge in [-0.25, -0.2) is 13.1 Å². The van der Waals surface area contributed by atoms with E-state index in [0.29, 0.717) is 24.4 Å². The Labute approximate surface area is 146 Å². The molecule has 1 amide bonds. The molecule has 1 aromatic heterocycles. The van der Waals surface area contributed by atoms with Crippen LogP contribution in [0.15, 0.2) is 47.6 Å². The fourth-order valence-corrected chi connectivity index (χ4v) is 3.75. The number of sulfonamides is 1. The molecule has 1 aromatic carbocycles. The number of hydrogen-bond donors (Lipinski definition) is 1. The molecule has 0 spiro atoms. The number of ether oxygens (including phenoxy) is 1. The second kappa shape index (κ2) is 7.20. The molecule has 3 rings (SSSR count). The van der Waals surface area contributed by atoms with Gasteiger partial charge in [-0.15, -0.1) is 0 Å². The molecule has 2 heterocycles. The molecule has 0 atom stereocenters. The van der Waals surface area contributed by atoms with Crippen molar-refractivity contribution < 1.29 is 17.9 Å². The smallest absolute Gasteiger partial charge is 0.240 e. The second-order valence-electron chi connectivity index (χ2n) is 5.67. The lowest BCUT2D eigenvalue weighted by atomic mass is 10.2. The van der Waals surface area contributed by atoms with Crippen LogP contribution in [0.3, 0.4) is 0 Å². The molecule has 7 nitrogen and oxygen atoms in total. The minimum Gasteiger partial charge on any atom is -0.495 e. The summed E-state index contributed by atoms with van der Waals surface area (Å²) in [6, 6.07) is 8.05. The van der Waals surface area contributed by atoms with Crippen molar-refractivity contribution in [3.8, 4) is 5.75 Å². The van der Waals surface area contributed by atoms with Gasteiger partial charge in [0.05, 0.1) is 17.7 Å². The van der Waals surface area contributed by atoms with Crippen LogP contribution in [0.5, 0.6) is 5.75 Å². The van der Waals surface area contributed by atoms with E-state index in [1.54, 1.807) is 35.5 Å². The third-order valence-electron chi connectivity index (χ3n) is 4.01. The number of aromatic nitrogens is 1. The van der Waals surface area contributed by atoms with E-state index in [0.717, 1.165) is 12.0 Å². The molecule has 1 fully saturated rings. The highest BCUT2D eigenvalue weighted by atomic mass is 32.2. The monoisotopic (exact) mass is 361 g/mol. The van der Waals surface area contributed by atoms with Gasteiger partial charge in [0, 0.05) is 31.9 Å². The number of nitrogens with zero attached hydrogens (tertiary/aromatic N) is 2. The van der Waals surface area contributed by atoms with Crippen LogP contribution in [-0.2, 0) is 21.4 Å². The number of carbonyl (C=O) groups excluding carboxylic acids is 1. The Kier molecular flexibility index (Phi) is 5.00. The molecular weight excluding hydrogens is 342 g/mol. The maximum atomic E-state index is 12.6. The van der Waals surface area contributed by atoms with Gasteiger partial charge in [0.1, 0.15) is 5.75 Å². The zero-order valence-corrected chi connectivity index (χ0v) is 14.6. The highest BCUT2D eigenvalue weighted by Gasteiger charge is 2.26. The Balaban J connectivity index is 1.87. The Bertz CT molecular complexity index is 869. The van der Waals surface area contributed by atoms with Crippen LogP contribution in [0.1, 0.15) is 18.4 Å². The number of pyridine rings is 1.